The highest BCUT2D eigenvalue weighted by molar-refractivity contribution is 7.99. The molecule has 25 heavy (non-hydrogen) atoms. The van der Waals surface area contributed by atoms with Crippen molar-refractivity contribution in [1.82, 2.24) is 10.2 Å². The predicted molar refractivity (Wildman–Crippen MR) is 103 cm³/mol. The van der Waals surface area contributed by atoms with Crippen molar-refractivity contribution in [3.05, 3.63) is 48.5 Å². The number of nitrogens with one attached hydrogen (secondary N) is 1. The Morgan fingerprint density at radius 2 is 1.56 bits per heavy atom. The van der Waals surface area contributed by atoms with Crippen LogP contribution < -0.4 is 10.2 Å². The van der Waals surface area contributed by atoms with Gasteiger partial charge in [-0.25, -0.2) is 0 Å². The Morgan fingerprint density at radius 1 is 0.960 bits per heavy atom. The molecule has 1 amide bonds. The molecule has 2 aromatic rings. The zero-order chi connectivity index (χ0) is 17.1. The van der Waals surface area contributed by atoms with Crippen LogP contribution >= 0.6 is 11.8 Å². The smallest absolute Gasteiger partial charge is 0.245 e. The molecule has 2 aromatic carbocycles. The van der Waals surface area contributed by atoms with Crippen LogP contribution in [0.1, 0.15) is 12.8 Å². The number of nitrogens with zero attached hydrogens (tertiary/aromatic N) is 2. The molecule has 0 bridgehead atoms. The third kappa shape index (κ3) is 3.59. The summed E-state index contributed by atoms with van der Waals surface area (Å²) in [7, 11) is 0. The van der Waals surface area contributed by atoms with Gasteiger partial charge in [0.25, 0.3) is 0 Å². The first-order valence-electron chi connectivity index (χ1n) is 8.95. The average Bonchev–Trinajstić information content (AvgIpc) is 3.16. The largest absolute Gasteiger partial charge is 0.307 e. The highest BCUT2D eigenvalue weighted by Crippen LogP contribution is 2.47. The second-order valence-electron chi connectivity index (χ2n) is 6.49. The maximum Gasteiger partial charge on any atom is 0.245 e. The van der Waals surface area contributed by atoms with E-state index in [1.54, 1.807) is 11.8 Å². The maximum absolute atomic E-state index is 13.0. The van der Waals surface area contributed by atoms with Gasteiger partial charge in [-0.05, 0) is 50.2 Å². The van der Waals surface area contributed by atoms with Gasteiger partial charge in [-0.2, -0.15) is 0 Å². The molecule has 0 spiro atoms. The molecule has 0 unspecified atom stereocenters. The van der Waals surface area contributed by atoms with Gasteiger partial charge in [-0.1, -0.05) is 36.0 Å². The monoisotopic (exact) mass is 353 g/mol. The number of para-hydroxylation sites is 2. The number of likely N-dealkylation sites (tertiary alicyclic amines) is 1. The fourth-order valence-corrected chi connectivity index (χ4v) is 4.55. The molecule has 2 aliphatic rings. The van der Waals surface area contributed by atoms with Gasteiger partial charge in [0, 0.05) is 22.9 Å². The topological polar surface area (TPSA) is 35.6 Å². The van der Waals surface area contributed by atoms with E-state index in [1.165, 1.54) is 25.9 Å². The quantitative estimate of drug-likeness (QED) is 0.835. The summed E-state index contributed by atoms with van der Waals surface area (Å²) in [5.41, 5.74) is 1.97. The Balaban J connectivity index is 1.46. The zero-order valence-electron chi connectivity index (χ0n) is 14.3. The summed E-state index contributed by atoms with van der Waals surface area (Å²) >= 11 is 1.73. The van der Waals surface area contributed by atoms with Crippen LogP contribution in [0.15, 0.2) is 58.3 Å². The minimum absolute atomic E-state index is 0.0987. The van der Waals surface area contributed by atoms with Crippen molar-refractivity contribution in [1.29, 1.82) is 0 Å². The van der Waals surface area contributed by atoms with E-state index in [2.05, 4.69) is 22.3 Å². The Hall–Kier alpha value is -1.82. The van der Waals surface area contributed by atoms with Crippen molar-refractivity contribution in [2.24, 2.45) is 0 Å². The normalized spacial score (nSPS) is 16.6. The molecular weight excluding hydrogens is 330 g/mol. The lowest BCUT2D eigenvalue weighted by Gasteiger charge is -2.31. The van der Waals surface area contributed by atoms with Crippen LogP contribution in [0, 0.1) is 0 Å². The molecule has 1 fully saturated rings. The molecule has 5 heteroatoms. The molecule has 0 saturated carbocycles. The molecule has 0 aromatic heterocycles. The molecule has 4 nitrogen and oxygen atoms in total. The third-order valence-electron chi connectivity index (χ3n) is 4.76. The van der Waals surface area contributed by atoms with E-state index < -0.39 is 0 Å². The van der Waals surface area contributed by atoms with Gasteiger partial charge < -0.3 is 10.2 Å². The fraction of sp³-hybridized carbons (Fsp3) is 0.350. The number of amides is 1. The summed E-state index contributed by atoms with van der Waals surface area (Å²) in [6, 6.07) is 16.3. The Bertz CT molecular complexity index is 713. The first-order chi connectivity index (χ1) is 12.3. The van der Waals surface area contributed by atoms with Gasteiger partial charge in [0.05, 0.1) is 17.9 Å². The van der Waals surface area contributed by atoms with E-state index in [9.17, 15) is 4.79 Å². The summed E-state index contributed by atoms with van der Waals surface area (Å²) in [6.07, 6.45) is 2.61. The number of anilines is 2. The van der Waals surface area contributed by atoms with Crippen LogP contribution in [-0.4, -0.2) is 43.5 Å². The maximum atomic E-state index is 13.0. The van der Waals surface area contributed by atoms with Gasteiger partial charge >= 0.3 is 0 Å². The molecule has 130 valence electrons. The van der Waals surface area contributed by atoms with Crippen LogP contribution in [0.25, 0.3) is 0 Å². The summed E-state index contributed by atoms with van der Waals surface area (Å²) in [5.74, 6) is 0.0987. The second kappa shape index (κ2) is 7.60. The SMILES string of the molecule is O=C(CNCCN1CCCC1)N1c2ccccc2Sc2ccccc21. The number of carbonyl (C=O) groups is 1. The van der Waals surface area contributed by atoms with E-state index in [0.29, 0.717) is 6.54 Å². The minimum atomic E-state index is 0.0987. The molecule has 2 heterocycles. The highest BCUT2D eigenvalue weighted by Gasteiger charge is 2.27. The number of hydrogen-bond acceptors (Lipinski definition) is 4. The van der Waals surface area contributed by atoms with Crippen molar-refractivity contribution in [2.75, 3.05) is 37.6 Å². The van der Waals surface area contributed by atoms with Crippen LogP contribution in [0.5, 0.6) is 0 Å². The third-order valence-corrected chi connectivity index (χ3v) is 5.89. The molecule has 0 radical (unpaired) electrons. The van der Waals surface area contributed by atoms with Crippen molar-refractivity contribution in [3.63, 3.8) is 0 Å². The number of carbonyl (C=O) groups excluding carboxylic acids is 1. The first kappa shape index (κ1) is 16.6. The standard InChI is InChI=1S/C20H23N3OS/c24-20(15-21-11-14-22-12-5-6-13-22)23-16-7-1-3-9-18(16)25-19-10-4-2-8-17(19)23/h1-4,7-10,21H,5-6,11-15H2. The minimum Gasteiger partial charge on any atom is -0.307 e. The molecule has 4 rings (SSSR count). The lowest BCUT2D eigenvalue weighted by atomic mass is 10.2. The second-order valence-corrected chi connectivity index (χ2v) is 7.58. The van der Waals surface area contributed by atoms with E-state index in [0.717, 1.165) is 34.3 Å². The molecule has 1 saturated heterocycles. The molecule has 1 N–H and O–H groups in total. The van der Waals surface area contributed by atoms with Crippen LogP contribution in [0.3, 0.4) is 0 Å². The van der Waals surface area contributed by atoms with Crippen LogP contribution in [-0.2, 0) is 4.79 Å². The molecular formula is C20H23N3OS. The zero-order valence-corrected chi connectivity index (χ0v) is 15.1. The van der Waals surface area contributed by atoms with Crippen LogP contribution in [0.2, 0.25) is 0 Å². The van der Waals surface area contributed by atoms with Gasteiger partial charge in [-0.15, -0.1) is 0 Å². The van der Waals surface area contributed by atoms with E-state index in [-0.39, 0.29) is 5.91 Å². The number of hydrogen-bond donors (Lipinski definition) is 1. The van der Waals surface area contributed by atoms with Crippen molar-refractivity contribution < 1.29 is 4.79 Å². The van der Waals surface area contributed by atoms with Gasteiger partial charge in [0.1, 0.15) is 0 Å². The summed E-state index contributed by atoms with van der Waals surface area (Å²) < 4.78 is 0. The van der Waals surface area contributed by atoms with Gasteiger partial charge in [0.15, 0.2) is 0 Å². The van der Waals surface area contributed by atoms with Crippen LogP contribution in [0.4, 0.5) is 11.4 Å². The number of fused-ring (bicyclic) bond motifs is 2. The number of rotatable bonds is 5. The van der Waals surface area contributed by atoms with Crippen molar-refractivity contribution >= 4 is 29.0 Å². The van der Waals surface area contributed by atoms with E-state index in [1.807, 2.05) is 41.3 Å². The van der Waals surface area contributed by atoms with E-state index in [4.69, 9.17) is 0 Å². The fourth-order valence-electron chi connectivity index (χ4n) is 3.49. The lowest BCUT2D eigenvalue weighted by Crippen LogP contribution is -2.39. The molecule has 0 atom stereocenters. The highest BCUT2D eigenvalue weighted by atomic mass is 32.2. The Labute approximate surface area is 153 Å². The summed E-state index contributed by atoms with van der Waals surface area (Å²) in [4.78, 5) is 19.5. The van der Waals surface area contributed by atoms with Crippen molar-refractivity contribution in [3.8, 4) is 0 Å². The first-order valence-corrected chi connectivity index (χ1v) is 9.76. The lowest BCUT2D eigenvalue weighted by molar-refractivity contribution is -0.117. The summed E-state index contributed by atoms with van der Waals surface area (Å²) in [5, 5.41) is 3.33. The molecule has 2 aliphatic heterocycles. The summed E-state index contributed by atoms with van der Waals surface area (Å²) in [6.45, 7) is 4.63. The van der Waals surface area contributed by atoms with Gasteiger partial charge in [0.2, 0.25) is 5.91 Å². The molecule has 0 aliphatic carbocycles. The Morgan fingerprint density at radius 3 is 2.20 bits per heavy atom. The Kier molecular flexibility index (Phi) is 5.06. The van der Waals surface area contributed by atoms with Gasteiger partial charge in [-0.3, -0.25) is 9.69 Å². The number of benzene rings is 2. The predicted octanol–water partition coefficient (Wildman–Crippen LogP) is 3.50. The van der Waals surface area contributed by atoms with E-state index >= 15 is 0 Å². The van der Waals surface area contributed by atoms with Crippen molar-refractivity contribution in [2.45, 2.75) is 22.6 Å². The average molecular weight is 353 g/mol.